The lowest BCUT2D eigenvalue weighted by Crippen LogP contribution is -1.90. The zero-order valence-electron chi connectivity index (χ0n) is 27.5. The van der Waals surface area contributed by atoms with E-state index in [1.807, 2.05) is 97.1 Å². The molecule has 2 aliphatic rings. The number of aromatic nitrogens is 4. The number of phenols is 4. The Hall–Kier alpha value is -7.32. The molecule has 0 amide bonds. The first-order valence-electron chi connectivity index (χ1n) is 16.7. The average Bonchev–Trinajstić information content (AvgIpc) is 3.99. The molecule has 9 rings (SSSR count). The third-order valence-electron chi connectivity index (χ3n) is 9.45. The van der Waals surface area contributed by atoms with Gasteiger partial charge in [0.05, 0.1) is 22.8 Å². The molecule has 8 heteroatoms. The van der Waals surface area contributed by atoms with Gasteiger partial charge in [0.15, 0.2) is 0 Å². The van der Waals surface area contributed by atoms with Crippen molar-refractivity contribution in [2.24, 2.45) is 0 Å². The molecule has 8 nitrogen and oxygen atoms in total. The summed E-state index contributed by atoms with van der Waals surface area (Å²) >= 11 is 0. The number of aromatic amines is 2. The van der Waals surface area contributed by atoms with Crippen LogP contribution in [0.1, 0.15) is 22.8 Å². The molecule has 0 aliphatic carbocycles. The molecule has 250 valence electrons. The van der Waals surface area contributed by atoms with Gasteiger partial charge in [-0.05, 0) is 72.8 Å². The number of nitrogens with one attached hydrogen (secondary N) is 2. The molecular formula is C44H30N4O4. The van der Waals surface area contributed by atoms with Crippen LogP contribution in [0.15, 0.2) is 121 Å². The van der Waals surface area contributed by atoms with Gasteiger partial charge in [-0.3, -0.25) is 0 Å². The molecule has 4 aromatic carbocycles. The second-order valence-corrected chi connectivity index (χ2v) is 12.6. The standard InChI is InChI=1S/C44H30N4O4/c49-37-13-5-1-9-25(37)41-29-17-19-31(45-29)42(26-10-2-6-14-38(26)50)33-21-23-35(47-33)44(28-12-4-8-16-40(28)52)36-24-22-34(48-36)43(32-20-18-30(41)46-32)27-11-3-7-15-39(27)51/h1-24,45,48-52H. The fourth-order valence-corrected chi connectivity index (χ4v) is 7.08. The van der Waals surface area contributed by atoms with Gasteiger partial charge < -0.3 is 30.4 Å². The van der Waals surface area contributed by atoms with Crippen LogP contribution in [0.3, 0.4) is 0 Å². The lowest BCUT2D eigenvalue weighted by atomic mass is 10.0. The predicted octanol–water partition coefficient (Wildman–Crippen LogP) is 10.1. The number of phenolic OH excluding ortho intramolecular Hbond substituents is 4. The highest BCUT2D eigenvalue weighted by Crippen LogP contribution is 2.43. The highest BCUT2D eigenvalue weighted by molar-refractivity contribution is 6.01. The van der Waals surface area contributed by atoms with Crippen molar-refractivity contribution in [3.05, 3.63) is 144 Å². The highest BCUT2D eigenvalue weighted by atomic mass is 16.3. The lowest BCUT2D eigenvalue weighted by molar-refractivity contribution is 0.477. The van der Waals surface area contributed by atoms with E-state index in [2.05, 4.69) is 9.97 Å². The molecule has 6 N–H and O–H groups in total. The van der Waals surface area contributed by atoms with E-state index in [4.69, 9.17) is 9.97 Å². The monoisotopic (exact) mass is 678 g/mol. The van der Waals surface area contributed by atoms with Gasteiger partial charge >= 0.3 is 0 Å². The molecule has 0 atom stereocenters. The van der Waals surface area contributed by atoms with Crippen LogP contribution in [-0.4, -0.2) is 40.4 Å². The van der Waals surface area contributed by atoms with E-state index in [9.17, 15) is 20.4 Å². The number of benzene rings is 4. The zero-order valence-corrected chi connectivity index (χ0v) is 27.5. The van der Waals surface area contributed by atoms with E-state index in [0.29, 0.717) is 89.4 Å². The lowest BCUT2D eigenvalue weighted by Gasteiger charge is -2.09. The number of aromatic hydroxyl groups is 4. The molecule has 0 fully saturated rings. The number of fused-ring (bicyclic) bond motifs is 8. The Morgan fingerprint density at radius 3 is 0.769 bits per heavy atom. The quantitative estimate of drug-likeness (QED) is 0.110. The Morgan fingerprint density at radius 2 is 0.538 bits per heavy atom. The van der Waals surface area contributed by atoms with Crippen LogP contribution in [0.4, 0.5) is 0 Å². The molecular weight excluding hydrogens is 649 g/mol. The molecule has 0 unspecified atom stereocenters. The maximum Gasteiger partial charge on any atom is 0.123 e. The Bertz CT molecular complexity index is 2440. The van der Waals surface area contributed by atoms with Crippen LogP contribution in [0.2, 0.25) is 0 Å². The summed E-state index contributed by atoms with van der Waals surface area (Å²) in [7, 11) is 0. The second kappa shape index (κ2) is 12.2. The minimum absolute atomic E-state index is 0.0889. The largest absolute Gasteiger partial charge is 0.507 e. The van der Waals surface area contributed by atoms with Crippen molar-refractivity contribution in [3.8, 4) is 67.5 Å². The number of para-hydroxylation sites is 4. The van der Waals surface area contributed by atoms with Gasteiger partial charge in [-0.1, -0.05) is 72.8 Å². The van der Waals surface area contributed by atoms with Crippen LogP contribution < -0.4 is 0 Å². The molecule has 5 heterocycles. The molecule has 52 heavy (non-hydrogen) atoms. The molecule has 0 spiro atoms. The second-order valence-electron chi connectivity index (χ2n) is 12.6. The molecule has 8 bridgehead atoms. The molecule has 0 saturated heterocycles. The number of hydrogen-bond donors (Lipinski definition) is 6. The van der Waals surface area contributed by atoms with Gasteiger partial charge in [0.25, 0.3) is 0 Å². The third-order valence-corrected chi connectivity index (χ3v) is 9.45. The number of rotatable bonds is 4. The van der Waals surface area contributed by atoms with Gasteiger partial charge in [-0.25, -0.2) is 9.97 Å². The summed E-state index contributed by atoms with van der Waals surface area (Å²) in [4.78, 5) is 17.5. The Kier molecular flexibility index (Phi) is 7.22. The maximum absolute atomic E-state index is 11.2. The Labute approximate surface area is 297 Å². The Morgan fingerprint density at radius 1 is 0.308 bits per heavy atom. The van der Waals surface area contributed by atoms with Gasteiger partial charge in [-0.15, -0.1) is 0 Å². The summed E-state index contributed by atoms with van der Waals surface area (Å²) in [5, 5.41) is 44.7. The van der Waals surface area contributed by atoms with Gasteiger partial charge in [0.2, 0.25) is 0 Å². The summed E-state index contributed by atoms with van der Waals surface area (Å²) in [6, 6.07) is 36.2. The highest BCUT2D eigenvalue weighted by Gasteiger charge is 2.21. The fourth-order valence-electron chi connectivity index (χ4n) is 7.08. The molecule has 0 radical (unpaired) electrons. The van der Waals surface area contributed by atoms with Crippen LogP contribution in [-0.2, 0) is 0 Å². The summed E-state index contributed by atoms with van der Waals surface area (Å²) in [6.45, 7) is 0. The third kappa shape index (κ3) is 5.09. The first kappa shape index (κ1) is 30.7. The van der Waals surface area contributed by atoms with Gasteiger partial charge in [0, 0.05) is 66.6 Å². The summed E-state index contributed by atoms with van der Waals surface area (Å²) in [5.41, 5.74) is 10.1. The molecule has 0 saturated carbocycles. The van der Waals surface area contributed by atoms with Crippen LogP contribution in [0, 0.1) is 0 Å². The summed E-state index contributed by atoms with van der Waals surface area (Å²) in [5.74, 6) is 0.356. The van der Waals surface area contributed by atoms with Crippen molar-refractivity contribution in [3.63, 3.8) is 0 Å². The number of nitrogens with zero attached hydrogens (tertiary/aromatic N) is 2. The minimum atomic E-state index is 0.0889. The van der Waals surface area contributed by atoms with E-state index in [1.54, 1.807) is 48.5 Å². The van der Waals surface area contributed by atoms with E-state index in [-0.39, 0.29) is 23.0 Å². The van der Waals surface area contributed by atoms with Crippen LogP contribution in [0.5, 0.6) is 23.0 Å². The minimum Gasteiger partial charge on any atom is -0.507 e. The normalized spacial score (nSPS) is 12.0. The predicted molar refractivity (Wildman–Crippen MR) is 207 cm³/mol. The first-order chi connectivity index (χ1) is 25.4. The fraction of sp³-hybridized carbons (Fsp3) is 0. The van der Waals surface area contributed by atoms with Crippen molar-refractivity contribution in [2.75, 3.05) is 0 Å². The van der Waals surface area contributed by atoms with Gasteiger partial charge in [0.1, 0.15) is 23.0 Å². The SMILES string of the molecule is Oc1ccccc1-c1c2nc(c(-c3ccccc3O)c3ccc([nH]3)c(-c3ccccc3O)c3nc(c(-c4ccccc4O)c4ccc1[nH]4)C=C3)C=C2. The Balaban J connectivity index is 1.51. The summed E-state index contributed by atoms with van der Waals surface area (Å²) in [6.07, 6.45) is 7.60. The van der Waals surface area contributed by atoms with Crippen LogP contribution >= 0.6 is 0 Å². The maximum atomic E-state index is 11.2. The number of H-pyrrole nitrogens is 2. The van der Waals surface area contributed by atoms with Crippen molar-refractivity contribution in [1.29, 1.82) is 0 Å². The van der Waals surface area contributed by atoms with Crippen molar-refractivity contribution in [2.45, 2.75) is 0 Å². The molecule has 7 aromatic rings. The van der Waals surface area contributed by atoms with Crippen molar-refractivity contribution >= 4 is 46.4 Å². The van der Waals surface area contributed by atoms with E-state index in [1.165, 1.54) is 0 Å². The average molecular weight is 679 g/mol. The smallest absolute Gasteiger partial charge is 0.123 e. The molecule has 3 aromatic heterocycles. The first-order valence-corrected chi connectivity index (χ1v) is 16.7. The summed E-state index contributed by atoms with van der Waals surface area (Å²) < 4.78 is 0. The van der Waals surface area contributed by atoms with Crippen molar-refractivity contribution in [1.82, 2.24) is 19.9 Å². The van der Waals surface area contributed by atoms with E-state index in [0.717, 1.165) is 0 Å². The van der Waals surface area contributed by atoms with Crippen LogP contribution in [0.25, 0.3) is 90.9 Å². The topological polar surface area (TPSA) is 138 Å². The van der Waals surface area contributed by atoms with E-state index < -0.39 is 0 Å². The van der Waals surface area contributed by atoms with Crippen molar-refractivity contribution < 1.29 is 20.4 Å². The number of hydrogen-bond acceptors (Lipinski definition) is 6. The van der Waals surface area contributed by atoms with Gasteiger partial charge in [-0.2, -0.15) is 0 Å². The van der Waals surface area contributed by atoms with E-state index >= 15 is 0 Å². The zero-order chi connectivity index (χ0) is 35.3. The molecule has 2 aliphatic heterocycles.